The van der Waals surface area contributed by atoms with Gasteiger partial charge in [-0.2, -0.15) is 0 Å². The summed E-state index contributed by atoms with van der Waals surface area (Å²) < 4.78 is 13.8. The number of esters is 1. The van der Waals surface area contributed by atoms with E-state index in [4.69, 9.17) is 9.47 Å². The Morgan fingerprint density at radius 2 is 1.76 bits per heavy atom. The molecule has 0 radical (unpaired) electrons. The first kappa shape index (κ1) is 23.8. The second-order valence-electron chi connectivity index (χ2n) is 6.84. The Hall–Kier alpha value is -2.32. The molecule has 4 rings (SSSR count). The summed E-state index contributed by atoms with van der Waals surface area (Å²) in [5, 5.41) is 10.8. The number of carbonyl (C=O) groups is 1. The number of nitrogens with zero attached hydrogens (tertiary/aromatic N) is 2. The zero-order chi connectivity index (χ0) is 23.5. The number of carbonyl (C=O) groups excluding carboxylic acids is 1. The van der Waals surface area contributed by atoms with Crippen LogP contribution in [0.3, 0.4) is 0 Å². The molecule has 3 aromatic carbocycles. The van der Waals surface area contributed by atoms with E-state index in [0.717, 1.165) is 22.7 Å². The van der Waals surface area contributed by atoms with Crippen molar-refractivity contribution in [1.82, 2.24) is 0 Å². The number of aliphatic imine (C=N–C) groups is 1. The van der Waals surface area contributed by atoms with Gasteiger partial charge in [-0.3, -0.25) is 10.1 Å². The zero-order valence-electron chi connectivity index (χ0n) is 16.6. The predicted molar refractivity (Wildman–Crippen MR) is 144 cm³/mol. The number of rotatable bonds is 6. The van der Waals surface area contributed by atoms with Crippen LogP contribution in [-0.4, -0.2) is 16.8 Å². The molecule has 0 spiro atoms. The normalized spacial score (nSPS) is 14.2. The van der Waals surface area contributed by atoms with E-state index in [-0.39, 0.29) is 23.9 Å². The minimum Gasteiger partial charge on any atom is -0.487 e. The number of non-ortho nitro benzene ring substituents is 1. The molecule has 166 valence electrons. The molecule has 0 amide bonds. The van der Waals surface area contributed by atoms with Crippen LogP contribution in [0.2, 0.25) is 0 Å². The van der Waals surface area contributed by atoms with E-state index >= 15 is 0 Å². The Kier molecular flexibility index (Phi) is 7.44. The minimum atomic E-state index is -0.510. The topological polar surface area (TPSA) is 91.0 Å². The van der Waals surface area contributed by atoms with Gasteiger partial charge in [-0.05, 0) is 115 Å². The van der Waals surface area contributed by atoms with Gasteiger partial charge in [-0.25, -0.2) is 9.79 Å². The number of hydrogen-bond donors (Lipinski definition) is 0. The van der Waals surface area contributed by atoms with Crippen LogP contribution in [0, 0.1) is 17.3 Å². The van der Waals surface area contributed by atoms with E-state index in [1.54, 1.807) is 18.2 Å². The lowest BCUT2D eigenvalue weighted by Gasteiger charge is -2.11. The molecule has 33 heavy (non-hydrogen) atoms. The van der Waals surface area contributed by atoms with Crippen molar-refractivity contribution < 1.29 is 19.2 Å². The zero-order valence-corrected chi connectivity index (χ0v) is 22.5. The molecule has 1 aliphatic rings. The van der Waals surface area contributed by atoms with E-state index in [2.05, 4.69) is 66.1 Å². The summed E-state index contributed by atoms with van der Waals surface area (Å²) in [6, 6.07) is 17.4. The van der Waals surface area contributed by atoms with E-state index < -0.39 is 10.9 Å². The van der Waals surface area contributed by atoms with Crippen LogP contribution in [0.5, 0.6) is 5.75 Å². The van der Waals surface area contributed by atoms with Crippen molar-refractivity contribution in [2.45, 2.75) is 6.61 Å². The van der Waals surface area contributed by atoms with Crippen LogP contribution in [-0.2, 0) is 16.1 Å². The summed E-state index contributed by atoms with van der Waals surface area (Å²) >= 11 is 7.79. The molecular formula is C23H13BrI2N2O5. The number of benzene rings is 3. The van der Waals surface area contributed by atoms with Gasteiger partial charge < -0.3 is 9.47 Å². The number of halogens is 3. The summed E-state index contributed by atoms with van der Waals surface area (Å²) in [6.07, 6.45) is 1.68. The summed E-state index contributed by atoms with van der Waals surface area (Å²) in [7, 11) is 0. The largest absolute Gasteiger partial charge is 0.487 e. The van der Waals surface area contributed by atoms with Crippen LogP contribution >= 0.6 is 61.1 Å². The molecule has 0 saturated heterocycles. The smallest absolute Gasteiger partial charge is 0.363 e. The molecule has 0 saturated carbocycles. The first-order valence-electron chi connectivity index (χ1n) is 9.44. The Morgan fingerprint density at radius 3 is 2.39 bits per heavy atom. The molecule has 1 heterocycles. The Balaban J connectivity index is 1.53. The number of hydrogen-bond acceptors (Lipinski definition) is 6. The minimum absolute atomic E-state index is 0.0381. The van der Waals surface area contributed by atoms with E-state index in [1.807, 2.05) is 36.4 Å². The highest BCUT2D eigenvalue weighted by Crippen LogP contribution is 2.31. The fourth-order valence-electron chi connectivity index (χ4n) is 2.99. The van der Waals surface area contributed by atoms with E-state index in [9.17, 15) is 14.9 Å². The number of nitro groups is 1. The SMILES string of the molecule is O=C1OC(c2ccccc2Br)=N/C1=C\c1cc(I)c(OCc2ccc([N+](=O)[O-])cc2)c(I)c1. The molecule has 0 aromatic heterocycles. The van der Waals surface area contributed by atoms with Gasteiger partial charge in [0, 0.05) is 16.6 Å². The third-order valence-electron chi connectivity index (χ3n) is 4.58. The summed E-state index contributed by atoms with van der Waals surface area (Å²) in [5.41, 5.74) is 2.56. The van der Waals surface area contributed by atoms with Crippen LogP contribution in [0.1, 0.15) is 16.7 Å². The maximum absolute atomic E-state index is 12.3. The average Bonchev–Trinajstić information content (AvgIpc) is 3.13. The van der Waals surface area contributed by atoms with Gasteiger partial charge in [-0.15, -0.1) is 0 Å². The second-order valence-corrected chi connectivity index (χ2v) is 10.0. The highest BCUT2D eigenvalue weighted by atomic mass is 127. The molecule has 0 fully saturated rings. The third-order valence-corrected chi connectivity index (χ3v) is 6.87. The van der Waals surface area contributed by atoms with Crippen molar-refractivity contribution >= 4 is 84.7 Å². The second kappa shape index (κ2) is 10.3. The number of cyclic esters (lactones) is 1. The van der Waals surface area contributed by atoms with Crippen molar-refractivity contribution in [1.29, 1.82) is 0 Å². The summed E-state index contributed by atoms with van der Waals surface area (Å²) in [4.78, 5) is 27.1. The van der Waals surface area contributed by atoms with Gasteiger partial charge >= 0.3 is 5.97 Å². The van der Waals surface area contributed by atoms with Crippen LogP contribution in [0.4, 0.5) is 5.69 Å². The van der Waals surface area contributed by atoms with E-state index in [1.165, 1.54) is 12.1 Å². The van der Waals surface area contributed by atoms with Gasteiger partial charge in [-0.1, -0.05) is 12.1 Å². The molecule has 0 unspecified atom stereocenters. The molecule has 3 aromatic rings. The highest BCUT2D eigenvalue weighted by Gasteiger charge is 2.25. The molecule has 1 aliphatic heterocycles. The van der Waals surface area contributed by atoms with Gasteiger partial charge in [0.05, 0.1) is 17.6 Å². The predicted octanol–water partition coefficient (Wildman–Crippen LogP) is 6.49. The lowest BCUT2D eigenvalue weighted by atomic mass is 10.2. The molecule has 10 heteroatoms. The number of ether oxygens (including phenoxy) is 2. The Morgan fingerprint density at radius 1 is 1.09 bits per heavy atom. The lowest BCUT2D eigenvalue weighted by molar-refractivity contribution is -0.384. The Bertz CT molecular complexity index is 1300. The van der Waals surface area contributed by atoms with Crippen LogP contribution < -0.4 is 4.74 Å². The quantitative estimate of drug-likeness (QED) is 0.0952. The standard InChI is InChI=1S/C23H13BrI2N2O5/c24-17-4-2-1-3-16(17)22-27-20(23(29)33-22)11-14-9-18(25)21(19(26)10-14)32-12-13-5-7-15(8-6-13)28(30)31/h1-11H,12H2/b20-11-. The monoisotopic (exact) mass is 730 g/mol. The van der Waals surface area contributed by atoms with Crippen molar-refractivity contribution in [2.24, 2.45) is 4.99 Å². The summed E-state index contributed by atoms with van der Waals surface area (Å²) in [6.45, 7) is 0.274. The highest BCUT2D eigenvalue weighted by molar-refractivity contribution is 14.1. The van der Waals surface area contributed by atoms with Crippen molar-refractivity contribution in [2.75, 3.05) is 0 Å². The fourth-order valence-corrected chi connectivity index (χ4v) is 5.57. The Labute approximate surface area is 224 Å². The molecule has 0 atom stereocenters. The maximum Gasteiger partial charge on any atom is 0.363 e. The van der Waals surface area contributed by atoms with Crippen molar-refractivity contribution in [3.63, 3.8) is 0 Å². The molecule has 7 nitrogen and oxygen atoms in total. The molecular weight excluding hydrogens is 718 g/mol. The fraction of sp³-hybridized carbons (Fsp3) is 0.0435. The van der Waals surface area contributed by atoms with Crippen molar-refractivity contribution in [3.05, 3.63) is 105 Å². The van der Waals surface area contributed by atoms with E-state index in [0.29, 0.717) is 11.3 Å². The van der Waals surface area contributed by atoms with Gasteiger partial charge in [0.2, 0.25) is 5.90 Å². The van der Waals surface area contributed by atoms with Crippen molar-refractivity contribution in [3.8, 4) is 5.75 Å². The van der Waals surface area contributed by atoms with Gasteiger partial charge in [0.1, 0.15) is 12.4 Å². The molecule has 0 bridgehead atoms. The average molecular weight is 731 g/mol. The summed E-state index contributed by atoms with van der Waals surface area (Å²) in [5.74, 6) is 0.443. The molecule has 0 aliphatic carbocycles. The third kappa shape index (κ3) is 5.61. The first-order valence-corrected chi connectivity index (χ1v) is 12.4. The van der Waals surface area contributed by atoms with Crippen LogP contribution in [0.25, 0.3) is 6.08 Å². The van der Waals surface area contributed by atoms with Gasteiger partial charge in [0.15, 0.2) is 5.70 Å². The lowest BCUT2D eigenvalue weighted by Crippen LogP contribution is -2.05. The number of nitro benzene ring substituents is 1. The maximum atomic E-state index is 12.3. The van der Waals surface area contributed by atoms with Gasteiger partial charge in [0.25, 0.3) is 5.69 Å². The molecule has 0 N–H and O–H groups in total. The van der Waals surface area contributed by atoms with Crippen LogP contribution in [0.15, 0.2) is 75.8 Å². The first-order chi connectivity index (χ1) is 15.8.